The summed E-state index contributed by atoms with van der Waals surface area (Å²) in [7, 11) is 0. The molecule has 1 heterocycles. The molecule has 1 aliphatic rings. The fourth-order valence-corrected chi connectivity index (χ4v) is 1.53. The lowest BCUT2D eigenvalue weighted by molar-refractivity contribution is 0.113. The van der Waals surface area contributed by atoms with Crippen molar-refractivity contribution < 1.29 is 4.74 Å². The van der Waals surface area contributed by atoms with Crippen LogP contribution >= 0.6 is 11.6 Å². The third kappa shape index (κ3) is 1.82. The summed E-state index contributed by atoms with van der Waals surface area (Å²) in [6.45, 7) is 3.87. The zero-order valence-electron chi connectivity index (χ0n) is 8.38. The Morgan fingerprint density at radius 2 is 2.00 bits per heavy atom. The average molecular weight is 213 g/mol. The number of halogens is 1. The molecule has 0 amide bonds. The average Bonchev–Trinajstić information content (AvgIpc) is 2.05. The molecular formula is C10H13ClN2O. The van der Waals surface area contributed by atoms with Crippen LogP contribution < -0.4 is 4.74 Å². The molecule has 1 fully saturated rings. The van der Waals surface area contributed by atoms with Gasteiger partial charge in [0.15, 0.2) is 0 Å². The SMILES string of the molecule is Cc1nc(Cl)nc(OC2CCC2)c1C. The molecule has 1 saturated carbocycles. The summed E-state index contributed by atoms with van der Waals surface area (Å²) >= 11 is 5.76. The van der Waals surface area contributed by atoms with E-state index in [1.807, 2.05) is 13.8 Å². The summed E-state index contributed by atoms with van der Waals surface area (Å²) in [5.41, 5.74) is 1.88. The minimum Gasteiger partial charge on any atom is -0.474 e. The normalized spacial score (nSPS) is 16.5. The number of hydrogen-bond acceptors (Lipinski definition) is 3. The van der Waals surface area contributed by atoms with E-state index in [9.17, 15) is 0 Å². The molecule has 0 aliphatic heterocycles. The molecule has 3 nitrogen and oxygen atoms in total. The van der Waals surface area contributed by atoms with Crippen molar-refractivity contribution in [3.63, 3.8) is 0 Å². The van der Waals surface area contributed by atoms with Crippen LogP contribution in [0.3, 0.4) is 0 Å². The predicted molar refractivity (Wildman–Crippen MR) is 54.8 cm³/mol. The van der Waals surface area contributed by atoms with E-state index in [0.29, 0.717) is 12.0 Å². The van der Waals surface area contributed by atoms with Crippen LogP contribution in [-0.4, -0.2) is 16.1 Å². The van der Waals surface area contributed by atoms with E-state index < -0.39 is 0 Å². The van der Waals surface area contributed by atoms with Crippen molar-refractivity contribution in [1.29, 1.82) is 0 Å². The van der Waals surface area contributed by atoms with Gasteiger partial charge >= 0.3 is 0 Å². The number of hydrogen-bond donors (Lipinski definition) is 0. The Morgan fingerprint density at radius 3 is 2.57 bits per heavy atom. The summed E-state index contributed by atoms with van der Waals surface area (Å²) in [6, 6.07) is 0. The maximum atomic E-state index is 5.76. The van der Waals surface area contributed by atoms with Gasteiger partial charge < -0.3 is 4.74 Å². The molecule has 0 N–H and O–H groups in total. The number of nitrogens with zero attached hydrogens (tertiary/aromatic N) is 2. The Morgan fingerprint density at radius 1 is 1.29 bits per heavy atom. The van der Waals surface area contributed by atoms with Crippen molar-refractivity contribution in [2.24, 2.45) is 0 Å². The minimum atomic E-state index is 0.266. The first-order valence-corrected chi connectivity index (χ1v) is 5.22. The Balaban J connectivity index is 2.22. The Kier molecular flexibility index (Phi) is 2.59. The zero-order chi connectivity index (χ0) is 10.1. The van der Waals surface area contributed by atoms with Gasteiger partial charge in [-0.05, 0) is 44.7 Å². The van der Waals surface area contributed by atoms with Crippen molar-refractivity contribution >= 4 is 11.6 Å². The fraction of sp³-hybridized carbons (Fsp3) is 0.600. The number of ether oxygens (including phenoxy) is 1. The number of aromatic nitrogens is 2. The lowest BCUT2D eigenvalue weighted by Crippen LogP contribution is -2.25. The Bertz CT molecular complexity index is 350. The second kappa shape index (κ2) is 3.73. The highest BCUT2D eigenvalue weighted by Gasteiger charge is 2.21. The van der Waals surface area contributed by atoms with E-state index in [2.05, 4.69) is 9.97 Å². The largest absolute Gasteiger partial charge is 0.474 e. The maximum Gasteiger partial charge on any atom is 0.225 e. The van der Waals surface area contributed by atoms with Gasteiger partial charge in [-0.15, -0.1) is 0 Å². The van der Waals surface area contributed by atoms with Crippen LogP contribution in [0.5, 0.6) is 5.88 Å². The van der Waals surface area contributed by atoms with E-state index in [1.165, 1.54) is 6.42 Å². The van der Waals surface area contributed by atoms with E-state index in [4.69, 9.17) is 16.3 Å². The first kappa shape index (κ1) is 9.71. The maximum absolute atomic E-state index is 5.76. The second-order valence-corrected chi connectivity index (χ2v) is 4.02. The second-order valence-electron chi connectivity index (χ2n) is 3.68. The molecule has 1 aromatic heterocycles. The molecule has 2 rings (SSSR count). The third-order valence-corrected chi connectivity index (χ3v) is 2.82. The predicted octanol–water partition coefficient (Wildman–Crippen LogP) is 2.68. The Labute approximate surface area is 88.5 Å². The van der Waals surface area contributed by atoms with Gasteiger partial charge in [-0.3, -0.25) is 0 Å². The fourth-order valence-electron chi connectivity index (χ4n) is 1.33. The van der Waals surface area contributed by atoms with Crippen LogP contribution in [0.4, 0.5) is 0 Å². The summed E-state index contributed by atoms with van der Waals surface area (Å²) in [4.78, 5) is 8.15. The van der Waals surface area contributed by atoms with Crippen molar-refractivity contribution in [2.45, 2.75) is 39.2 Å². The molecule has 4 heteroatoms. The summed E-state index contributed by atoms with van der Waals surface area (Å²) in [5.74, 6) is 0.646. The molecule has 0 aromatic carbocycles. The quantitative estimate of drug-likeness (QED) is 0.707. The van der Waals surface area contributed by atoms with Gasteiger partial charge in [0.25, 0.3) is 0 Å². The highest BCUT2D eigenvalue weighted by atomic mass is 35.5. The molecule has 1 aliphatic carbocycles. The summed E-state index contributed by atoms with van der Waals surface area (Å²) in [6.07, 6.45) is 3.83. The molecule has 0 unspecified atom stereocenters. The lowest BCUT2D eigenvalue weighted by Gasteiger charge is -2.26. The van der Waals surface area contributed by atoms with Crippen LogP contribution in [0.15, 0.2) is 0 Å². The van der Waals surface area contributed by atoms with E-state index in [-0.39, 0.29) is 5.28 Å². The van der Waals surface area contributed by atoms with Gasteiger partial charge in [-0.25, -0.2) is 4.98 Å². The molecule has 0 saturated heterocycles. The van der Waals surface area contributed by atoms with Crippen LogP contribution in [0, 0.1) is 13.8 Å². The highest BCUT2D eigenvalue weighted by molar-refractivity contribution is 6.28. The Hall–Kier alpha value is -0.830. The van der Waals surface area contributed by atoms with Gasteiger partial charge in [0, 0.05) is 11.3 Å². The van der Waals surface area contributed by atoms with Crippen LogP contribution in [0.25, 0.3) is 0 Å². The zero-order valence-corrected chi connectivity index (χ0v) is 9.14. The van der Waals surface area contributed by atoms with Gasteiger partial charge in [0.05, 0.1) is 0 Å². The van der Waals surface area contributed by atoms with Gasteiger partial charge in [0.1, 0.15) is 6.10 Å². The first-order valence-electron chi connectivity index (χ1n) is 4.84. The number of rotatable bonds is 2. The van der Waals surface area contributed by atoms with E-state index >= 15 is 0 Å². The third-order valence-electron chi connectivity index (χ3n) is 2.65. The van der Waals surface area contributed by atoms with Gasteiger partial charge in [0.2, 0.25) is 11.2 Å². The van der Waals surface area contributed by atoms with Gasteiger partial charge in [-0.1, -0.05) is 0 Å². The topological polar surface area (TPSA) is 35.0 Å². The summed E-state index contributed by atoms with van der Waals surface area (Å²) < 4.78 is 5.71. The summed E-state index contributed by atoms with van der Waals surface area (Å²) in [5, 5.41) is 0.266. The molecule has 1 aromatic rings. The van der Waals surface area contributed by atoms with Crippen molar-refractivity contribution in [2.75, 3.05) is 0 Å². The van der Waals surface area contributed by atoms with E-state index in [1.54, 1.807) is 0 Å². The molecular weight excluding hydrogens is 200 g/mol. The van der Waals surface area contributed by atoms with Crippen LogP contribution in [0.1, 0.15) is 30.5 Å². The van der Waals surface area contributed by atoms with Crippen LogP contribution in [0.2, 0.25) is 5.28 Å². The monoisotopic (exact) mass is 212 g/mol. The van der Waals surface area contributed by atoms with E-state index in [0.717, 1.165) is 24.1 Å². The molecule has 0 spiro atoms. The van der Waals surface area contributed by atoms with Crippen molar-refractivity contribution in [1.82, 2.24) is 9.97 Å². The molecule has 76 valence electrons. The minimum absolute atomic E-state index is 0.266. The van der Waals surface area contributed by atoms with Crippen molar-refractivity contribution in [3.8, 4) is 5.88 Å². The van der Waals surface area contributed by atoms with Gasteiger partial charge in [-0.2, -0.15) is 4.98 Å². The molecule has 0 atom stereocenters. The lowest BCUT2D eigenvalue weighted by atomic mass is 9.96. The smallest absolute Gasteiger partial charge is 0.225 e. The van der Waals surface area contributed by atoms with Crippen molar-refractivity contribution in [3.05, 3.63) is 16.5 Å². The highest BCUT2D eigenvalue weighted by Crippen LogP contribution is 2.27. The molecule has 0 radical (unpaired) electrons. The molecule has 14 heavy (non-hydrogen) atoms. The first-order chi connectivity index (χ1) is 6.66. The number of aryl methyl sites for hydroxylation is 1. The van der Waals surface area contributed by atoms with Crippen LogP contribution in [-0.2, 0) is 0 Å². The molecule has 0 bridgehead atoms. The standard InChI is InChI=1S/C10H13ClN2O/c1-6-7(2)12-10(11)13-9(6)14-8-4-3-5-8/h8H,3-5H2,1-2H3.